The number of hydrogen-bond donors (Lipinski definition) is 1. The number of nitrogens with zero attached hydrogens (tertiary/aromatic N) is 3. The van der Waals surface area contributed by atoms with Gasteiger partial charge >= 0.3 is 0 Å². The first kappa shape index (κ1) is 17.0. The van der Waals surface area contributed by atoms with Crippen LogP contribution in [0.5, 0.6) is 0 Å². The lowest BCUT2D eigenvalue weighted by molar-refractivity contribution is 0.0446. The third-order valence-corrected chi connectivity index (χ3v) is 5.32. The molecule has 2 heterocycles. The van der Waals surface area contributed by atoms with Crippen molar-refractivity contribution in [2.24, 2.45) is 0 Å². The molecule has 1 saturated heterocycles. The van der Waals surface area contributed by atoms with Gasteiger partial charge in [0.2, 0.25) is 0 Å². The summed E-state index contributed by atoms with van der Waals surface area (Å²) < 4.78 is 11.0. The molecule has 0 radical (unpaired) electrons. The number of rotatable bonds is 5. The van der Waals surface area contributed by atoms with E-state index in [1.807, 2.05) is 34.3 Å². The molecule has 0 spiro atoms. The van der Waals surface area contributed by atoms with E-state index in [2.05, 4.69) is 10.9 Å². The van der Waals surface area contributed by atoms with E-state index in [4.69, 9.17) is 27.9 Å². The molecule has 4 rings (SSSR count). The third-order valence-electron chi connectivity index (χ3n) is 4.84. The van der Waals surface area contributed by atoms with Crippen molar-refractivity contribution in [3.63, 3.8) is 0 Å². The monoisotopic (exact) mass is 369 g/mol. The van der Waals surface area contributed by atoms with Gasteiger partial charge in [0.1, 0.15) is 25.6 Å². The molecular formula is C19H19N3O3S. The molecule has 6 nitrogen and oxygen atoms in total. The molecule has 1 aliphatic heterocycles. The van der Waals surface area contributed by atoms with Crippen LogP contribution in [0.15, 0.2) is 41.0 Å². The molecule has 2 aromatic rings. The zero-order chi connectivity index (χ0) is 18.1. The fourth-order valence-corrected chi connectivity index (χ4v) is 3.75. The van der Waals surface area contributed by atoms with Crippen LogP contribution in [-0.4, -0.2) is 34.4 Å². The van der Waals surface area contributed by atoms with Gasteiger partial charge in [0.05, 0.1) is 18.1 Å². The van der Waals surface area contributed by atoms with E-state index in [1.54, 1.807) is 6.26 Å². The SMILES string of the molecule is [C-]#[N+]C1CN(c2ccc3c(c2)CCC3O)N(COCc2ccco2)C1=S. The van der Waals surface area contributed by atoms with Crippen molar-refractivity contribution in [3.8, 4) is 0 Å². The molecule has 0 bridgehead atoms. The van der Waals surface area contributed by atoms with Gasteiger partial charge in [0.25, 0.3) is 6.04 Å². The number of hydrazine groups is 1. The molecule has 1 fully saturated rings. The van der Waals surface area contributed by atoms with E-state index in [0.717, 1.165) is 35.4 Å². The Morgan fingerprint density at radius 2 is 2.27 bits per heavy atom. The Labute approximate surface area is 157 Å². The normalized spacial score (nSPS) is 21.9. The molecule has 2 atom stereocenters. The number of benzene rings is 1. The van der Waals surface area contributed by atoms with E-state index in [9.17, 15) is 5.11 Å². The fraction of sp³-hybridized carbons (Fsp3) is 0.368. The lowest BCUT2D eigenvalue weighted by Gasteiger charge is -2.29. The highest BCUT2D eigenvalue weighted by Gasteiger charge is 2.40. The summed E-state index contributed by atoms with van der Waals surface area (Å²) in [6.07, 6.45) is 2.86. The van der Waals surface area contributed by atoms with E-state index < -0.39 is 0 Å². The summed E-state index contributed by atoms with van der Waals surface area (Å²) in [5, 5.41) is 13.8. The first-order chi connectivity index (χ1) is 12.7. The average Bonchev–Trinajstić information content (AvgIpc) is 3.36. The van der Waals surface area contributed by atoms with E-state index in [1.165, 1.54) is 0 Å². The summed E-state index contributed by atoms with van der Waals surface area (Å²) in [4.78, 5) is 4.22. The van der Waals surface area contributed by atoms with Crippen molar-refractivity contribution >= 4 is 22.9 Å². The molecule has 1 N–H and O–H groups in total. The number of anilines is 1. The second kappa shape index (κ2) is 7.08. The van der Waals surface area contributed by atoms with Gasteiger partial charge in [0, 0.05) is 0 Å². The highest BCUT2D eigenvalue weighted by molar-refractivity contribution is 7.80. The van der Waals surface area contributed by atoms with E-state index >= 15 is 0 Å². The number of ether oxygens (including phenoxy) is 1. The first-order valence-electron chi connectivity index (χ1n) is 8.54. The summed E-state index contributed by atoms with van der Waals surface area (Å²) in [7, 11) is 0. The number of aliphatic hydroxyl groups excluding tert-OH is 1. The lowest BCUT2D eigenvalue weighted by atomic mass is 10.1. The van der Waals surface area contributed by atoms with Crippen LogP contribution in [0.3, 0.4) is 0 Å². The van der Waals surface area contributed by atoms with Gasteiger partial charge in [-0.1, -0.05) is 18.3 Å². The number of thiocarbonyl (C=S) groups is 1. The molecule has 26 heavy (non-hydrogen) atoms. The standard InChI is InChI=1S/C19H19N3O3S/c1-20-17-10-21(14-5-6-16-13(9-14)4-7-18(16)23)22(19(17)26)12-24-11-15-3-2-8-25-15/h2-3,5-6,8-9,17-18,23H,4,7,10-12H2. The second-order valence-corrected chi connectivity index (χ2v) is 6.88. The van der Waals surface area contributed by atoms with Crippen LogP contribution in [0, 0.1) is 6.57 Å². The fourth-order valence-electron chi connectivity index (χ4n) is 3.48. The number of hydrogen-bond acceptors (Lipinski definition) is 5. The summed E-state index contributed by atoms with van der Waals surface area (Å²) in [5.74, 6) is 0.745. The molecule has 1 aliphatic carbocycles. The Morgan fingerprint density at radius 1 is 1.38 bits per heavy atom. The van der Waals surface area contributed by atoms with E-state index in [-0.39, 0.29) is 18.9 Å². The first-order valence-corrected chi connectivity index (χ1v) is 8.94. The Morgan fingerprint density at radius 3 is 3.04 bits per heavy atom. The second-order valence-electron chi connectivity index (χ2n) is 6.46. The summed E-state index contributed by atoms with van der Waals surface area (Å²) in [5.41, 5.74) is 3.12. The number of furan rings is 1. The minimum Gasteiger partial charge on any atom is -0.467 e. The van der Waals surface area contributed by atoms with Crippen molar-refractivity contribution in [2.75, 3.05) is 18.3 Å². The molecule has 0 saturated carbocycles. The van der Waals surface area contributed by atoms with Crippen LogP contribution in [0.25, 0.3) is 4.85 Å². The quantitative estimate of drug-likeness (QED) is 0.646. The summed E-state index contributed by atoms with van der Waals surface area (Å²) >= 11 is 5.50. The maximum Gasteiger partial charge on any atom is 0.294 e. The smallest absolute Gasteiger partial charge is 0.294 e. The van der Waals surface area contributed by atoms with Gasteiger partial charge < -0.3 is 19.1 Å². The maximum absolute atomic E-state index is 10.0. The number of fused-ring (bicyclic) bond motifs is 1. The molecule has 134 valence electrons. The Hall–Kier alpha value is -2.40. The summed E-state index contributed by atoms with van der Waals surface area (Å²) in [6, 6.07) is 9.34. The average molecular weight is 369 g/mol. The van der Waals surface area contributed by atoms with Crippen LogP contribution in [-0.2, 0) is 17.8 Å². The number of aliphatic hydroxyl groups is 1. The molecule has 2 aliphatic rings. The highest BCUT2D eigenvalue weighted by Crippen LogP contribution is 2.35. The molecule has 1 aromatic heterocycles. The zero-order valence-electron chi connectivity index (χ0n) is 14.2. The van der Waals surface area contributed by atoms with Crippen molar-refractivity contribution in [1.29, 1.82) is 0 Å². The van der Waals surface area contributed by atoms with Crippen LogP contribution < -0.4 is 5.01 Å². The minimum atomic E-state index is -0.373. The predicted octanol–water partition coefficient (Wildman–Crippen LogP) is 3.09. The van der Waals surface area contributed by atoms with Crippen LogP contribution in [0.2, 0.25) is 0 Å². The lowest BCUT2D eigenvalue weighted by Crippen LogP contribution is -2.40. The molecule has 0 amide bonds. The third kappa shape index (κ3) is 3.07. The van der Waals surface area contributed by atoms with Crippen LogP contribution >= 0.6 is 12.2 Å². The van der Waals surface area contributed by atoms with Crippen molar-refractivity contribution in [3.05, 3.63) is 64.9 Å². The van der Waals surface area contributed by atoms with Gasteiger partial charge in [-0.2, -0.15) is 0 Å². The molecule has 7 heteroatoms. The van der Waals surface area contributed by atoms with E-state index in [0.29, 0.717) is 18.1 Å². The molecule has 1 aromatic carbocycles. The Bertz CT molecular complexity index is 846. The van der Waals surface area contributed by atoms with Crippen LogP contribution in [0.4, 0.5) is 5.69 Å². The van der Waals surface area contributed by atoms with Gasteiger partial charge in [-0.25, -0.2) is 11.6 Å². The maximum atomic E-state index is 10.0. The molecule has 2 unspecified atom stereocenters. The minimum absolute atomic E-state index is 0.255. The van der Waals surface area contributed by atoms with Gasteiger partial charge in [-0.05, 0) is 48.2 Å². The van der Waals surface area contributed by atoms with Crippen LogP contribution in [0.1, 0.15) is 29.4 Å². The summed E-state index contributed by atoms with van der Waals surface area (Å²) in [6.45, 7) is 8.52. The van der Waals surface area contributed by atoms with Gasteiger partial charge in [-0.15, -0.1) is 0 Å². The molecular weight excluding hydrogens is 350 g/mol. The van der Waals surface area contributed by atoms with Crippen molar-refractivity contribution < 1.29 is 14.3 Å². The Balaban J connectivity index is 1.52. The number of aryl methyl sites for hydroxylation is 1. The van der Waals surface area contributed by atoms with Gasteiger partial charge in [0.15, 0.2) is 4.99 Å². The zero-order valence-corrected chi connectivity index (χ0v) is 15.0. The predicted molar refractivity (Wildman–Crippen MR) is 100 cm³/mol. The van der Waals surface area contributed by atoms with Crippen molar-refractivity contribution in [2.45, 2.75) is 31.6 Å². The largest absolute Gasteiger partial charge is 0.467 e. The Kier molecular flexibility index (Phi) is 4.64. The topological polar surface area (TPSA) is 53.4 Å². The van der Waals surface area contributed by atoms with Gasteiger partial charge in [-0.3, -0.25) is 5.01 Å². The van der Waals surface area contributed by atoms with Crippen molar-refractivity contribution in [1.82, 2.24) is 5.01 Å². The highest BCUT2D eigenvalue weighted by atomic mass is 32.1.